The molecule has 0 bridgehead atoms. The Morgan fingerprint density at radius 2 is 1.89 bits per heavy atom. The van der Waals surface area contributed by atoms with Crippen LogP contribution in [0.1, 0.15) is 12.5 Å². The summed E-state index contributed by atoms with van der Waals surface area (Å²) in [5.74, 6) is 1.47. The van der Waals surface area contributed by atoms with Crippen LogP contribution in [0.5, 0.6) is 0 Å². The number of rotatable bonds is 5. The van der Waals surface area contributed by atoms with E-state index in [4.69, 9.17) is 0 Å². The molecule has 2 rings (SSSR count). The van der Waals surface area contributed by atoms with Gasteiger partial charge in [-0.15, -0.1) is 0 Å². The first-order valence-electron chi connectivity index (χ1n) is 5.83. The van der Waals surface area contributed by atoms with E-state index in [1.165, 1.54) is 5.56 Å². The molecule has 0 aliphatic rings. The Morgan fingerprint density at radius 3 is 2.61 bits per heavy atom. The van der Waals surface area contributed by atoms with E-state index in [2.05, 4.69) is 48.7 Å². The quantitative estimate of drug-likeness (QED) is 0.890. The van der Waals surface area contributed by atoms with Gasteiger partial charge in [0, 0.05) is 23.8 Å². The van der Waals surface area contributed by atoms with Gasteiger partial charge in [-0.1, -0.05) is 28.1 Å². The zero-order valence-electron chi connectivity index (χ0n) is 10.2. The van der Waals surface area contributed by atoms with Gasteiger partial charge >= 0.3 is 0 Å². The van der Waals surface area contributed by atoms with Crippen LogP contribution in [-0.4, -0.2) is 16.5 Å². The minimum absolute atomic E-state index is 0.651. The maximum atomic E-state index is 4.35. The van der Waals surface area contributed by atoms with Crippen LogP contribution in [0.4, 0.5) is 11.8 Å². The van der Waals surface area contributed by atoms with Crippen molar-refractivity contribution in [1.29, 1.82) is 0 Å². The first-order valence-corrected chi connectivity index (χ1v) is 6.62. The monoisotopic (exact) mass is 306 g/mol. The lowest BCUT2D eigenvalue weighted by atomic mass is 10.2. The number of benzene rings is 1. The molecule has 0 aliphatic carbocycles. The van der Waals surface area contributed by atoms with Crippen LogP contribution in [0, 0.1) is 0 Å². The van der Waals surface area contributed by atoms with Crippen LogP contribution in [0.15, 0.2) is 41.0 Å². The fourth-order valence-corrected chi connectivity index (χ4v) is 1.76. The number of aromatic nitrogens is 2. The Kier molecular flexibility index (Phi) is 4.52. The van der Waals surface area contributed by atoms with E-state index < -0.39 is 0 Å². The zero-order chi connectivity index (χ0) is 12.8. The molecule has 2 aromatic rings. The summed E-state index contributed by atoms with van der Waals surface area (Å²) < 4.78 is 1.09. The van der Waals surface area contributed by atoms with E-state index in [-0.39, 0.29) is 0 Å². The molecule has 2 N–H and O–H groups in total. The van der Waals surface area contributed by atoms with Gasteiger partial charge in [0.25, 0.3) is 0 Å². The normalized spacial score (nSPS) is 10.1. The van der Waals surface area contributed by atoms with Crippen molar-refractivity contribution in [3.05, 3.63) is 46.6 Å². The van der Waals surface area contributed by atoms with Crippen LogP contribution in [0.3, 0.4) is 0 Å². The summed E-state index contributed by atoms with van der Waals surface area (Å²) in [6, 6.07) is 10.1. The molecule has 0 saturated heterocycles. The standard InChI is InChI=1S/C13H15BrN4/c1-2-15-13-16-8-7-12(18-13)17-9-10-3-5-11(14)6-4-10/h3-8H,2,9H2,1H3,(H2,15,16,17,18). The largest absolute Gasteiger partial charge is 0.366 e. The minimum Gasteiger partial charge on any atom is -0.366 e. The molecule has 1 aromatic heterocycles. The fraction of sp³-hybridized carbons (Fsp3) is 0.231. The number of anilines is 2. The third kappa shape index (κ3) is 3.70. The van der Waals surface area contributed by atoms with Crippen molar-refractivity contribution < 1.29 is 0 Å². The van der Waals surface area contributed by atoms with Crippen LogP contribution in [0.25, 0.3) is 0 Å². The van der Waals surface area contributed by atoms with Gasteiger partial charge in [-0.25, -0.2) is 4.98 Å². The van der Waals surface area contributed by atoms with Crippen molar-refractivity contribution in [3.63, 3.8) is 0 Å². The van der Waals surface area contributed by atoms with E-state index >= 15 is 0 Å². The molecule has 1 aromatic carbocycles. The minimum atomic E-state index is 0.651. The van der Waals surface area contributed by atoms with Gasteiger partial charge in [0.2, 0.25) is 5.95 Å². The van der Waals surface area contributed by atoms with Gasteiger partial charge in [0.1, 0.15) is 5.82 Å². The molecule has 5 heteroatoms. The van der Waals surface area contributed by atoms with Gasteiger partial charge in [0.15, 0.2) is 0 Å². The molecule has 4 nitrogen and oxygen atoms in total. The first kappa shape index (κ1) is 12.8. The Bertz CT molecular complexity index is 499. The molecule has 1 heterocycles. The molecule has 0 unspecified atom stereocenters. The van der Waals surface area contributed by atoms with E-state index in [1.807, 2.05) is 25.1 Å². The predicted molar refractivity (Wildman–Crippen MR) is 77.7 cm³/mol. The Morgan fingerprint density at radius 1 is 1.11 bits per heavy atom. The Balaban J connectivity index is 1.97. The van der Waals surface area contributed by atoms with Gasteiger partial charge in [-0.05, 0) is 30.7 Å². The molecule has 0 aliphatic heterocycles. The summed E-state index contributed by atoms with van der Waals surface area (Å²) in [4.78, 5) is 8.48. The Hall–Kier alpha value is -1.62. The van der Waals surface area contributed by atoms with Crippen LogP contribution < -0.4 is 10.6 Å². The van der Waals surface area contributed by atoms with Crippen molar-refractivity contribution in [3.8, 4) is 0 Å². The number of nitrogens with zero attached hydrogens (tertiary/aromatic N) is 2. The lowest BCUT2D eigenvalue weighted by molar-refractivity contribution is 1.05. The van der Waals surface area contributed by atoms with E-state index in [0.717, 1.165) is 23.4 Å². The second-order valence-electron chi connectivity index (χ2n) is 3.78. The number of nitrogens with one attached hydrogen (secondary N) is 2. The maximum Gasteiger partial charge on any atom is 0.224 e. The highest BCUT2D eigenvalue weighted by Gasteiger charge is 1.98. The number of hydrogen-bond donors (Lipinski definition) is 2. The molecule has 0 saturated carbocycles. The SMILES string of the molecule is CCNc1nccc(NCc2ccc(Br)cc2)n1. The summed E-state index contributed by atoms with van der Waals surface area (Å²) in [6.07, 6.45) is 1.74. The second-order valence-corrected chi connectivity index (χ2v) is 4.69. The summed E-state index contributed by atoms with van der Waals surface area (Å²) in [5, 5.41) is 6.36. The summed E-state index contributed by atoms with van der Waals surface area (Å²) >= 11 is 3.42. The molecule has 94 valence electrons. The van der Waals surface area contributed by atoms with Crippen molar-refractivity contribution in [1.82, 2.24) is 9.97 Å². The molecule has 0 fully saturated rings. The number of hydrogen-bond acceptors (Lipinski definition) is 4. The average molecular weight is 307 g/mol. The van der Waals surface area contributed by atoms with Gasteiger partial charge in [-0.3, -0.25) is 0 Å². The third-order valence-corrected chi connectivity index (χ3v) is 2.91. The maximum absolute atomic E-state index is 4.35. The summed E-state index contributed by atoms with van der Waals surface area (Å²) in [7, 11) is 0. The molecule has 18 heavy (non-hydrogen) atoms. The second kappa shape index (κ2) is 6.35. The van der Waals surface area contributed by atoms with Crippen molar-refractivity contribution in [2.75, 3.05) is 17.2 Å². The topological polar surface area (TPSA) is 49.8 Å². The lowest BCUT2D eigenvalue weighted by Crippen LogP contribution is -2.06. The van der Waals surface area contributed by atoms with Crippen molar-refractivity contribution in [2.24, 2.45) is 0 Å². The smallest absolute Gasteiger partial charge is 0.224 e. The zero-order valence-corrected chi connectivity index (χ0v) is 11.7. The highest BCUT2D eigenvalue weighted by Crippen LogP contribution is 2.12. The number of halogens is 1. The molecular weight excluding hydrogens is 292 g/mol. The summed E-state index contributed by atoms with van der Waals surface area (Å²) in [5.41, 5.74) is 1.21. The highest BCUT2D eigenvalue weighted by atomic mass is 79.9. The van der Waals surface area contributed by atoms with Gasteiger partial charge in [-0.2, -0.15) is 4.98 Å². The average Bonchev–Trinajstić information content (AvgIpc) is 2.39. The molecule has 0 amide bonds. The molecule has 0 spiro atoms. The van der Waals surface area contributed by atoms with Crippen LogP contribution in [-0.2, 0) is 6.54 Å². The van der Waals surface area contributed by atoms with E-state index in [9.17, 15) is 0 Å². The van der Waals surface area contributed by atoms with Crippen LogP contribution >= 0.6 is 15.9 Å². The predicted octanol–water partition coefficient (Wildman–Crippen LogP) is 3.28. The van der Waals surface area contributed by atoms with E-state index in [0.29, 0.717) is 5.95 Å². The Labute approximate surface area is 115 Å². The highest BCUT2D eigenvalue weighted by molar-refractivity contribution is 9.10. The molecular formula is C13H15BrN4. The first-order chi connectivity index (χ1) is 8.78. The fourth-order valence-electron chi connectivity index (χ4n) is 1.50. The van der Waals surface area contributed by atoms with Crippen LogP contribution in [0.2, 0.25) is 0 Å². The third-order valence-electron chi connectivity index (χ3n) is 2.38. The lowest BCUT2D eigenvalue weighted by Gasteiger charge is -2.07. The molecule has 0 atom stereocenters. The molecule has 0 radical (unpaired) electrons. The summed E-state index contributed by atoms with van der Waals surface area (Å²) in [6.45, 7) is 3.58. The van der Waals surface area contributed by atoms with E-state index in [1.54, 1.807) is 6.20 Å². The van der Waals surface area contributed by atoms with Gasteiger partial charge in [0.05, 0.1) is 0 Å². The van der Waals surface area contributed by atoms with Crippen molar-refractivity contribution >= 4 is 27.7 Å². The van der Waals surface area contributed by atoms with Crippen molar-refractivity contribution in [2.45, 2.75) is 13.5 Å². The van der Waals surface area contributed by atoms with Gasteiger partial charge < -0.3 is 10.6 Å².